The van der Waals surface area contributed by atoms with Gasteiger partial charge in [0.25, 0.3) is 5.91 Å². The van der Waals surface area contributed by atoms with Crippen molar-refractivity contribution in [2.75, 3.05) is 5.32 Å². The number of fused-ring (bicyclic) bond motifs is 2. The van der Waals surface area contributed by atoms with Gasteiger partial charge in [-0.05, 0) is 36.1 Å². The van der Waals surface area contributed by atoms with E-state index in [1.54, 1.807) is 0 Å². The lowest BCUT2D eigenvalue weighted by atomic mass is 9.87. The zero-order valence-electron chi connectivity index (χ0n) is 15.7. The summed E-state index contributed by atoms with van der Waals surface area (Å²) in [6, 6.07) is 7.67. The molecule has 0 aliphatic carbocycles. The Balaban J connectivity index is 0.00000225. The molecule has 0 bridgehead atoms. The lowest BCUT2D eigenvalue weighted by Gasteiger charge is -2.17. The van der Waals surface area contributed by atoms with Gasteiger partial charge in [-0.15, -0.1) is 11.3 Å². The van der Waals surface area contributed by atoms with Crippen molar-refractivity contribution in [2.24, 2.45) is 0 Å². The molecule has 0 spiro atoms. The topological polar surface area (TPSA) is 77.8 Å². The molecule has 3 aromatic heterocycles. The highest BCUT2D eigenvalue weighted by Crippen LogP contribution is 2.31. The predicted octanol–water partition coefficient (Wildman–Crippen LogP) is 5.18. The van der Waals surface area contributed by atoms with Crippen LogP contribution in [-0.2, 0) is 5.41 Å². The molecule has 3 heterocycles. The number of aromatic amines is 2. The van der Waals surface area contributed by atoms with E-state index in [9.17, 15) is 9.59 Å². The highest BCUT2D eigenvalue weighted by molar-refractivity contribution is 7.18. The van der Waals surface area contributed by atoms with Crippen molar-refractivity contribution in [2.45, 2.75) is 33.1 Å². The van der Waals surface area contributed by atoms with Crippen molar-refractivity contribution in [3.63, 3.8) is 0 Å². The largest absolute Gasteiger partial charge is 0.361 e. The summed E-state index contributed by atoms with van der Waals surface area (Å²) in [5.74, 6) is -0.411. The summed E-state index contributed by atoms with van der Waals surface area (Å²) < 4.78 is 0.579. The fourth-order valence-electron chi connectivity index (χ4n) is 3.32. The number of H-pyrrole nitrogens is 2. The van der Waals surface area contributed by atoms with E-state index in [1.165, 1.54) is 23.1 Å². The third-order valence-corrected chi connectivity index (χ3v) is 5.72. The van der Waals surface area contributed by atoms with Crippen LogP contribution in [0.2, 0.25) is 0 Å². The van der Waals surface area contributed by atoms with Crippen LogP contribution in [0, 0.1) is 6.92 Å². The average Bonchev–Trinajstić information content (AvgIpc) is 3.17. The molecule has 4 rings (SSSR count). The molecule has 0 atom stereocenters. The highest BCUT2D eigenvalue weighted by atomic mass is 32.1. The smallest absolute Gasteiger partial charge is 0.261 e. The van der Waals surface area contributed by atoms with E-state index < -0.39 is 5.91 Å². The lowest BCUT2D eigenvalue weighted by molar-refractivity contribution is 0.102. The van der Waals surface area contributed by atoms with Crippen molar-refractivity contribution in [1.29, 1.82) is 0 Å². The quantitative estimate of drug-likeness (QED) is 0.448. The van der Waals surface area contributed by atoms with Crippen molar-refractivity contribution < 1.29 is 6.22 Å². The summed E-state index contributed by atoms with van der Waals surface area (Å²) in [7, 11) is 0. The number of carbonyl (C=O) groups excluding carboxylic acids is 1. The monoisotopic (exact) mass is 381 g/mol. The number of rotatable bonds is 2. The minimum atomic E-state index is -0.411. The van der Waals surface area contributed by atoms with E-state index in [-0.39, 0.29) is 17.8 Å². The number of anilines is 1. The Morgan fingerprint density at radius 3 is 2.59 bits per heavy atom. The molecule has 6 heteroatoms. The first-order valence-corrected chi connectivity index (χ1v) is 9.60. The Labute approximate surface area is 161 Å². The minimum Gasteiger partial charge on any atom is -0.361 e. The van der Waals surface area contributed by atoms with Gasteiger partial charge in [0.15, 0.2) is 0 Å². The standard InChI is InChI=1S/C21H21N3O2S.H2/c1-11-7-17-19(27-11)18(25)14(9-22-17)20(26)24-12-5-6-13-15(21(2,3)4)10-23-16(13)8-12;/h5-10,23H,1-4H3,(H,22,25)(H,24,26);1H. The third kappa shape index (κ3) is 3.06. The second-order valence-electron chi connectivity index (χ2n) is 7.80. The zero-order chi connectivity index (χ0) is 19.3. The molecule has 140 valence electrons. The number of pyridine rings is 1. The summed E-state index contributed by atoms with van der Waals surface area (Å²) in [6.45, 7) is 8.44. The van der Waals surface area contributed by atoms with E-state index in [4.69, 9.17) is 0 Å². The molecule has 0 fully saturated rings. The van der Waals surface area contributed by atoms with Gasteiger partial charge in [0.1, 0.15) is 5.56 Å². The zero-order valence-corrected chi connectivity index (χ0v) is 16.5. The van der Waals surface area contributed by atoms with E-state index in [2.05, 4.69) is 36.1 Å². The number of amides is 1. The number of benzene rings is 1. The molecule has 0 aliphatic heterocycles. The van der Waals surface area contributed by atoms with Gasteiger partial charge in [-0.2, -0.15) is 0 Å². The Morgan fingerprint density at radius 1 is 1.11 bits per heavy atom. The molecular formula is C21H23N3O2S. The Kier molecular flexibility index (Phi) is 3.96. The molecule has 3 N–H and O–H groups in total. The van der Waals surface area contributed by atoms with Crippen LogP contribution in [0.1, 0.15) is 43.0 Å². The second kappa shape index (κ2) is 6.09. The van der Waals surface area contributed by atoms with Gasteiger partial charge in [-0.25, -0.2) is 0 Å². The molecule has 0 saturated heterocycles. The number of aryl methyl sites for hydroxylation is 1. The van der Waals surface area contributed by atoms with Gasteiger partial charge in [0.05, 0.1) is 10.2 Å². The summed E-state index contributed by atoms with van der Waals surface area (Å²) >= 11 is 1.39. The van der Waals surface area contributed by atoms with E-state index in [0.717, 1.165) is 21.3 Å². The average molecular weight is 382 g/mol. The number of aromatic nitrogens is 2. The van der Waals surface area contributed by atoms with Gasteiger partial charge < -0.3 is 15.3 Å². The molecule has 0 unspecified atom stereocenters. The number of carbonyl (C=O) groups is 1. The number of nitrogens with one attached hydrogen (secondary N) is 3. The molecule has 5 nitrogen and oxygen atoms in total. The van der Waals surface area contributed by atoms with Gasteiger partial charge in [-0.1, -0.05) is 26.8 Å². The van der Waals surface area contributed by atoms with Gasteiger partial charge in [-0.3, -0.25) is 9.59 Å². The Hall–Kier alpha value is -2.86. The Morgan fingerprint density at radius 2 is 1.85 bits per heavy atom. The highest BCUT2D eigenvalue weighted by Gasteiger charge is 2.19. The van der Waals surface area contributed by atoms with Crippen LogP contribution in [0.3, 0.4) is 0 Å². The number of hydrogen-bond donors (Lipinski definition) is 3. The lowest BCUT2D eigenvalue weighted by Crippen LogP contribution is -2.21. The first-order chi connectivity index (χ1) is 12.7. The van der Waals surface area contributed by atoms with Crippen molar-refractivity contribution in [3.8, 4) is 0 Å². The summed E-state index contributed by atoms with van der Waals surface area (Å²) in [5.41, 5.74) is 3.51. The van der Waals surface area contributed by atoms with Crippen molar-refractivity contribution >= 4 is 44.1 Å². The van der Waals surface area contributed by atoms with Crippen LogP contribution >= 0.6 is 11.3 Å². The van der Waals surface area contributed by atoms with Crippen molar-refractivity contribution in [3.05, 3.63) is 62.9 Å². The van der Waals surface area contributed by atoms with E-state index in [1.807, 2.05) is 37.4 Å². The summed E-state index contributed by atoms with van der Waals surface area (Å²) in [4.78, 5) is 32.6. The molecule has 0 aliphatic rings. The van der Waals surface area contributed by atoms with Crippen LogP contribution in [0.5, 0.6) is 0 Å². The molecular weight excluding hydrogens is 358 g/mol. The minimum absolute atomic E-state index is 0. The number of hydrogen-bond acceptors (Lipinski definition) is 3. The molecule has 4 aromatic rings. The first kappa shape index (κ1) is 17.5. The fraction of sp³-hybridized carbons (Fsp3) is 0.238. The summed E-state index contributed by atoms with van der Waals surface area (Å²) in [5, 5.41) is 3.97. The van der Waals surface area contributed by atoms with Gasteiger partial charge >= 0.3 is 0 Å². The van der Waals surface area contributed by atoms with E-state index >= 15 is 0 Å². The van der Waals surface area contributed by atoms with Crippen LogP contribution in [0.25, 0.3) is 21.1 Å². The molecule has 0 saturated carbocycles. The molecule has 0 radical (unpaired) electrons. The third-order valence-electron chi connectivity index (χ3n) is 4.67. The van der Waals surface area contributed by atoms with Crippen LogP contribution in [0.4, 0.5) is 5.69 Å². The molecule has 27 heavy (non-hydrogen) atoms. The SMILES string of the molecule is Cc1cc2[nH]cc(C(=O)Nc3ccc4c(C(C)(C)C)c[nH]c4c3)c(=O)c2s1.[HH]. The van der Waals surface area contributed by atoms with E-state index in [0.29, 0.717) is 10.4 Å². The molecule has 1 amide bonds. The maximum absolute atomic E-state index is 12.6. The normalized spacial score (nSPS) is 12.0. The van der Waals surface area contributed by atoms with Crippen LogP contribution in [0.15, 0.2) is 41.5 Å². The molecule has 1 aromatic carbocycles. The number of thiophene rings is 1. The first-order valence-electron chi connectivity index (χ1n) is 8.79. The van der Waals surface area contributed by atoms with Gasteiger partial charge in [0.2, 0.25) is 5.43 Å². The van der Waals surface area contributed by atoms with Crippen LogP contribution < -0.4 is 10.7 Å². The predicted molar refractivity (Wildman–Crippen MR) is 114 cm³/mol. The maximum Gasteiger partial charge on any atom is 0.261 e. The summed E-state index contributed by atoms with van der Waals surface area (Å²) in [6.07, 6.45) is 3.49. The van der Waals surface area contributed by atoms with Gasteiger partial charge in [0, 0.05) is 35.3 Å². The maximum atomic E-state index is 12.6. The van der Waals surface area contributed by atoms with Crippen molar-refractivity contribution in [1.82, 2.24) is 9.97 Å². The second-order valence-corrected chi connectivity index (χ2v) is 9.05. The van der Waals surface area contributed by atoms with Crippen LogP contribution in [-0.4, -0.2) is 15.9 Å². The fourth-order valence-corrected chi connectivity index (χ4v) is 4.25. The Bertz CT molecular complexity index is 1240.